The summed E-state index contributed by atoms with van der Waals surface area (Å²) in [6.45, 7) is 0. The van der Waals surface area contributed by atoms with Crippen molar-refractivity contribution in [1.29, 1.82) is 5.26 Å². The van der Waals surface area contributed by atoms with E-state index in [-0.39, 0.29) is 4.58 Å². The molecule has 14 heavy (non-hydrogen) atoms. The van der Waals surface area contributed by atoms with Crippen LogP contribution in [0.15, 0.2) is 0 Å². The van der Waals surface area contributed by atoms with Crippen LogP contribution in [-0.2, 0) is 4.79 Å². The van der Waals surface area contributed by atoms with Gasteiger partial charge in [-0.15, -0.1) is 11.8 Å². The number of hydrogen-bond acceptors (Lipinski definition) is 5. The molecule has 2 unspecified atom stereocenters. The molecule has 0 radical (unpaired) electrons. The highest BCUT2D eigenvalue weighted by atomic mass is 32.2. The molecular formula is C7H9N3O2S2. The molecule has 76 valence electrons. The van der Waals surface area contributed by atoms with Crippen molar-refractivity contribution in [1.82, 2.24) is 9.62 Å². The van der Waals surface area contributed by atoms with Crippen LogP contribution in [0.25, 0.3) is 0 Å². The van der Waals surface area contributed by atoms with Gasteiger partial charge in [0.15, 0.2) is 0 Å². The summed E-state index contributed by atoms with van der Waals surface area (Å²) >= 11 is 2.49. The second-order valence-corrected chi connectivity index (χ2v) is 4.87. The van der Waals surface area contributed by atoms with E-state index in [1.807, 2.05) is 12.3 Å². The molecule has 3 amide bonds. The molecule has 0 bridgehead atoms. The minimum absolute atomic E-state index is 0.190. The van der Waals surface area contributed by atoms with Crippen LogP contribution in [0.5, 0.6) is 0 Å². The standard InChI is InChI=1S/C7H9N3O2S2/c1-9-7(12)10-5(11)4(3-8)6(13-2)14-10/h4,6H,1-2H3,(H,9,12). The normalized spacial score (nSPS) is 26.1. The van der Waals surface area contributed by atoms with Crippen LogP contribution in [-0.4, -0.2) is 34.1 Å². The van der Waals surface area contributed by atoms with E-state index in [0.717, 1.165) is 16.3 Å². The number of carbonyl (C=O) groups is 2. The molecule has 0 aliphatic carbocycles. The summed E-state index contributed by atoms with van der Waals surface area (Å²) < 4.78 is 0.819. The summed E-state index contributed by atoms with van der Waals surface area (Å²) in [6.07, 6.45) is 1.81. The molecule has 1 saturated heterocycles. The monoisotopic (exact) mass is 231 g/mol. The number of thioether (sulfide) groups is 1. The first-order chi connectivity index (χ1) is 6.65. The number of hydrogen-bond donors (Lipinski definition) is 1. The summed E-state index contributed by atoms with van der Waals surface area (Å²) in [7, 11) is 1.45. The van der Waals surface area contributed by atoms with Gasteiger partial charge in [-0.1, -0.05) is 0 Å². The largest absolute Gasteiger partial charge is 0.340 e. The molecule has 1 fully saturated rings. The first-order valence-corrected chi connectivity index (χ1v) is 5.93. The molecule has 0 aromatic heterocycles. The molecule has 1 rings (SSSR count). The first-order valence-electron chi connectivity index (χ1n) is 3.80. The zero-order valence-electron chi connectivity index (χ0n) is 7.68. The lowest BCUT2D eigenvalue weighted by Gasteiger charge is -2.10. The zero-order chi connectivity index (χ0) is 10.7. The molecule has 0 aromatic rings. The lowest BCUT2D eigenvalue weighted by molar-refractivity contribution is -0.125. The lowest BCUT2D eigenvalue weighted by atomic mass is 10.2. The van der Waals surface area contributed by atoms with E-state index >= 15 is 0 Å². The predicted octanol–water partition coefficient (Wildman–Crippen LogP) is 0.645. The van der Waals surface area contributed by atoms with Crippen LogP contribution < -0.4 is 5.32 Å². The summed E-state index contributed by atoms with van der Waals surface area (Å²) in [6, 6.07) is 1.44. The van der Waals surface area contributed by atoms with E-state index in [0.29, 0.717) is 0 Å². The molecule has 0 aromatic carbocycles. The number of urea groups is 1. The van der Waals surface area contributed by atoms with Crippen molar-refractivity contribution >= 4 is 35.6 Å². The molecule has 0 saturated carbocycles. The average molecular weight is 231 g/mol. The average Bonchev–Trinajstić information content (AvgIpc) is 2.53. The number of rotatable bonds is 1. The molecular weight excluding hydrogens is 222 g/mol. The number of nitrogens with zero attached hydrogens (tertiary/aromatic N) is 2. The Morgan fingerprint density at radius 1 is 1.79 bits per heavy atom. The predicted molar refractivity (Wildman–Crippen MR) is 55.3 cm³/mol. The molecule has 1 heterocycles. The smallest absolute Gasteiger partial charge is 0.334 e. The fraction of sp³-hybridized carbons (Fsp3) is 0.571. The lowest BCUT2D eigenvalue weighted by Crippen LogP contribution is -2.36. The SMILES string of the molecule is CNC(=O)N1SC(SC)C(C#N)C1=O. The van der Waals surface area contributed by atoms with Crippen molar-refractivity contribution in [2.75, 3.05) is 13.3 Å². The highest BCUT2D eigenvalue weighted by molar-refractivity contribution is 8.16. The minimum atomic E-state index is -0.729. The third-order valence-corrected chi connectivity index (χ3v) is 4.33. The Morgan fingerprint density at radius 2 is 2.43 bits per heavy atom. The second-order valence-electron chi connectivity index (χ2n) is 2.50. The Balaban J connectivity index is 2.82. The third-order valence-electron chi connectivity index (χ3n) is 1.72. The van der Waals surface area contributed by atoms with Crippen molar-refractivity contribution < 1.29 is 9.59 Å². The summed E-state index contributed by atoms with van der Waals surface area (Å²) in [5.74, 6) is -1.16. The summed E-state index contributed by atoms with van der Waals surface area (Å²) in [5, 5.41) is 11.1. The van der Waals surface area contributed by atoms with E-state index < -0.39 is 17.9 Å². The van der Waals surface area contributed by atoms with Crippen LogP contribution in [0.4, 0.5) is 4.79 Å². The van der Waals surface area contributed by atoms with Crippen molar-refractivity contribution in [2.45, 2.75) is 4.58 Å². The van der Waals surface area contributed by atoms with E-state index in [1.54, 1.807) is 0 Å². The van der Waals surface area contributed by atoms with Crippen LogP contribution in [0, 0.1) is 17.2 Å². The van der Waals surface area contributed by atoms with Gasteiger partial charge in [-0.3, -0.25) is 4.79 Å². The number of amides is 3. The Bertz CT molecular complexity index is 302. The van der Waals surface area contributed by atoms with E-state index in [4.69, 9.17) is 5.26 Å². The molecule has 1 aliphatic heterocycles. The maximum Gasteiger partial charge on any atom is 0.334 e. The Hall–Kier alpha value is -0.870. The zero-order valence-corrected chi connectivity index (χ0v) is 9.32. The van der Waals surface area contributed by atoms with Gasteiger partial charge in [0.2, 0.25) is 0 Å². The number of carbonyl (C=O) groups excluding carboxylic acids is 2. The molecule has 0 spiro atoms. The van der Waals surface area contributed by atoms with Crippen LogP contribution in [0.1, 0.15) is 0 Å². The molecule has 5 nitrogen and oxygen atoms in total. The minimum Gasteiger partial charge on any atom is -0.340 e. The Morgan fingerprint density at radius 3 is 2.79 bits per heavy atom. The first kappa shape index (κ1) is 11.2. The van der Waals surface area contributed by atoms with Gasteiger partial charge in [-0.05, 0) is 18.2 Å². The molecule has 2 atom stereocenters. The Kier molecular flexibility index (Phi) is 3.66. The number of imide groups is 1. The maximum absolute atomic E-state index is 11.5. The van der Waals surface area contributed by atoms with Gasteiger partial charge in [-0.25, -0.2) is 9.10 Å². The summed E-state index contributed by atoms with van der Waals surface area (Å²) in [5.41, 5.74) is 0. The van der Waals surface area contributed by atoms with Gasteiger partial charge in [-0.2, -0.15) is 5.26 Å². The second kappa shape index (κ2) is 4.57. The van der Waals surface area contributed by atoms with Gasteiger partial charge < -0.3 is 5.32 Å². The van der Waals surface area contributed by atoms with Crippen molar-refractivity contribution in [3.8, 4) is 6.07 Å². The third kappa shape index (κ3) is 1.81. The molecule has 1 N–H and O–H groups in total. The fourth-order valence-corrected chi connectivity index (χ4v) is 2.97. The van der Waals surface area contributed by atoms with Crippen LogP contribution in [0.2, 0.25) is 0 Å². The van der Waals surface area contributed by atoms with Crippen molar-refractivity contribution in [3.63, 3.8) is 0 Å². The maximum atomic E-state index is 11.5. The highest BCUT2D eigenvalue weighted by Gasteiger charge is 2.44. The number of nitriles is 1. The van der Waals surface area contributed by atoms with Crippen molar-refractivity contribution in [3.05, 3.63) is 0 Å². The molecule has 7 heteroatoms. The topological polar surface area (TPSA) is 73.2 Å². The van der Waals surface area contributed by atoms with Crippen LogP contribution >= 0.6 is 23.7 Å². The van der Waals surface area contributed by atoms with Gasteiger partial charge in [0.05, 0.1) is 10.7 Å². The van der Waals surface area contributed by atoms with Crippen LogP contribution in [0.3, 0.4) is 0 Å². The van der Waals surface area contributed by atoms with Gasteiger partial charge >= 0.3 is 6.03 Å². The van der Waals surface area contributed by atoms with Crippen molar-refractivity contribution in [2.24, 2.45) is 5.92 Å². The summed E-state index contributed by atoms with van der Waals surface area (Å²) in [4.78, 5) is 22.7. The van der Waals surface area contributed by atoms with E-state index in [9.17, 15) is 9.59 Å². The van der Waals surface area contributed by atoms with Gasteiger partial charge in [0.1, 0.15) is 5.92 Å². The van der Waals surface area contributed by atoms with E-state index in [1.165, 1.54) is 18.8 Å². The Labute approximate surface area is 90.3 Å². The number of nitrogens with one attached hydrogen (secondary N) is 1. The van der Waals surface area contributed by atoms with Gasteiger partial charge in [0, 0.05) is 7.05 Å². The van der Waals surface area contributed by atoms with E-state index in [2.05, 4.69) is 5.32 Å². The quantitative estimate of drug-likeness (QED) is 0.671. The fourth-order valence-electron chi connectivity index (χ4n) is 1.00. The highest BCUT2D eigenvalue weighted by Crippen LogP contribution is 2.39. The molecule has 1 aliphatic rings. The van der Waals surface area contributed by atoms with Gasteiger partial charge in [0.25, 0.3) is 5.91 Å².